The number of nitrogens with zero attached hydrogens (tertiary/aromatic N) is 2. The molecule has 88 valence electrons. The summed E-state index contributed by atoms with van der Waals surface area (Å²) in [5, 5.41) is 8.66. The van der Waals surface area contributed by atoms with Gasteiger partial charge in [-0.05, 0) is 35.5 Å². The smallest absolute Gasteiger partial charge is 0.323 e. The second-order valence-electron chi connectivity index (χ2n) is 3.91. The highest BCUT2D eigenvalue weighted by atomic mass is 16.4. The van der Waals surface area contributed by atoms with E-state index in [0.29, 0.717) is 0 Å². The molecule has 0 spiro atoms. The fraction of sp³-hybridized carbons (Fsp3) is 0.154. The van der Waals surface area contributed by atoms with E-state index < -0.39 is 5.97 Å². The highest BCUT2D eigenvalue weighted by Crippen LogP contribution is 2.18. The van der Waals surface area contributed by atoms with Gasteiger partial charge in [0.25, 0.3) is 0 Å². The van der Waals surface area contributed by atoms with Crippen molar-refractivity contribution < 1.29 is 9.90 Å². The minimum Gasteiger partial charge on any atom is -0.480 e. The lowest BCUT2D eigenvalue weighted by molar-refractivity contribution is -0.137. The van der Waals surface area contributed by atoms with Crippen LogP contribution in [0, 0.1) is 0 Å². The van der Waals surface area contributed by atoms with Crippen LogP contribution in [0.15, 0.2) is 60.3 Å². The van der Waals surface area contributed by atoms with Gasteiger partial charge in [-0.3, -0.25) is 4.79 Å². The third-order valence-electron chi connectivity index (χ3n) is 2.52. The molecule has 2 heterocycles. The molecule has 0 saturated heterocycles. The van der Waals surface area contributed by atoms with Crippen LogP contribution in [-0.2, 0) is 4.79 Å². The summed E-state index contributed by atoms with van der Waals surface area (Å²) in [6.45, 7) is -0.00989. The van der Waals surface area contributed by atoms with Crippen molar-refractivity contribution in [3.8, 4) is 0 Å². The topological polar surface area (TPSA) is 43.8 Å². The Balaban J connectivity index is 2.10. The van der Waals surface area contributed by atoms with Crippen LogP contribution in [0.3, 0.4) is 0 Å². The second kappa shape index (κ2) is 4.74. The normalized spacial score (nSPS) is 18.2. The van der Waals surface area contributed by atoms with Crippen LogP contribution in [-0.4, -0.2) is 34.5 Å². The maximum atomic E-state index is 10.5. The van der Waals surface area contributed by atoms with E-state index in [1.54, 1.807) is 17.3 Å². The summed E-state index contributed by atoms with van der Waals surface area (Å²) in [7, 11) is 1.97. The lowest BCUT2D eigenvalue weighted by atomic mass is 10.1. The van der Waals surface area contributed by atoms with Crippen molar-refractivity contribution in [3.05, 3.63) is 60.3 Å². The molecule has 0 bridgehead atoms. The highest BCUT2D eigenvalue weighted by molar-refractivity contribution is 5.69. The summed E-state index contributed by atoms with van der Waals surface area (Å²) in [5.74, 6) is -0.838. The minimum absolute atomic E-state index is 0.00989. The average molecular weight is 230 g/mol. The minimum atomic E-state index is -0.838. The van der Waals surface area contributed by atoms with Crippen LogP contribution in [0.2, 0.25) is 0 Å². The van der Waals surface area contributed by atoms with Crippen LogP contribution in [0.1, 0.15) is 0 Å². The van der Waals surface area contributed by atoms with Gasteiger partial charge in [0.1, 0.15) is 6.54 Å². The summed E-state index contributed by atoms with van der Waals surface area (Å²) in [4.78, 5) is 14.1. The third kappa shape index (κ3) is 2.87. The molecule has 0 unspecified atom stereocenters. The van der Waals surface area contributed by atoms with Crippen LogP contribution in [0.25, 0.3) is 0 Å². The first-order valence-electron chi connectivity index (χ1n) is 5.32. The van der Waals surface area contributed by atoms with Crippen molar-refractivity contribution in [2.24, 2.45) is 0 Å². The van der Waals surface area contributed by atoms with Gasteiger partial charge in [-0.15, -0.1) is 0 Å². The van der Waals surface area contributed by atoms with Gasteiger partial charge in [0.05, 0.1) is 0 Å². The molecule has 4 nitrogen and oxygen atoms in total. The van der Waals surface area contributed by atoms with Gasteiger partial charge in [0.15, 0.2) is 0 Å². The highest BCUT2D eigenvalue weighted by Gasteiger charge is 2.07. The number of hydrogen-bond donors (Lipinski definition) is 1. The van der Waals surface area contributed by atoms with E-state index in [0.717, 1.165) is 11.1 Å². The number of carboxylic acid groups (broad SMARTS) is 1. The number of carboxylic acids is 1. The number of hydrogen-bond acceptors (Lipinski definition) is 3. The van der Waals surface area contributed by atoms with Crippen molar-refractivity contribution >= 4 is 5.97 Å². The fourth-order valence-electron chi connectivity index (χ4n) is 1.60. The Kier molecular flexibility index (Phi) is 3.14. The predicted octanol–water partition coefficient (Wildman–Crippen LogP) is 1.68. The van der Waals surface area contributed by atoms with E-state index in [-0.39, 0.29) is 6.54 Å². The summed E-state index contributed by atoms with van der Waals surface area (Å²) in [5.41, 5.74) is 2.19. The first kappa shape index (κ1) is 11.3. The summed E-state index contributed by atoms with van der Waals surface area (Å²) < 4.78 is 0. The van der Waals surface area contributed by atoms with Gasteiger partial charge in [-0.25, -0.2) is 0 Å². The maximum absolute atomic E-state index is 10.5. The zero-order chi connectivity index (χ0) is 12.3. The first-order valence-corrected chi connectivity index (χ1v) is 5.32. The number of allylic oxidation sites excluding steroid dienone is 6. The zero-order valence-corrected chi connectivity index (χ0v) is 9.58. The second-order valence-corrected chi connectivity index (χ2v) is 3.91. The molecule has 0 aromatic heterocycles. The molecule has 2 rings (SSSR count). The standard InChI is InChI=1S/C13H14N2O2/c1-14-6-2-11(3-7-14)12-4-8-15(9-5-12)10-13(16)17/h2-9H,10H2,1H3,(H,16,17). The zero-order valence-electron chi connectivity index (χ0n) is 9.58. The van der Waals surface area contributed by atoms with E-state index in [9.17, 15) is 4.79 Å². The largest absolute Gasteiger partial charge is 0.480 e. The molecule has 0 radical (unpaired) electrons. The Morgan fingerprint density at radius 2 is 1.53 bits per heavy atom. The molecule has 1 N–H and O–H groups in total. The Morgan fingerprint density at radius 3 is 2.00 bits per heavy atom. The first-order chi connectivity index (χ1) is 8.15. The fourth-order valence-corrected chi connectivity index (χ4v) is 1.60. The molecule has 0 aromatic carbocycles. The molecule has 0 aliphatic carbocycles. The Bertz CT molecular complexity index is 438. The third-order valence-corrected chi connectivity index (χ3v) is 2.52. The molecule has 0 fully saturated rings. The summed E-state index contributed by atoms with van der Waals surface area (Å²) in [6, 6.07) is 0. The SMILES string of the molecule is CN1C=CC(=C2C=CN(CC(=O)O)C=C2)C=C1. The van der Waals surface area contributed by atoms with Crippen molar-refractivity contribution in [1.82, 2.24) is 9.80 Å². The number of carbonyl (C=O) groups is 1. The van der Waals surface area contributed by atoms with Crippen LogP contribution in [0.4, 0.5) is 0 Å². The van der Waals surface area contributed by atoms with Crippen molar-refractivity contribution in [2.75, 3.05) is 13.6 Å². The molecule has 2 aliphatic rings. The van der Waals surface area contributed by atoms with E-state index in [2.05, 4.69) is 0 Å². The lowest BCUT2D eigenvalue weighted by Crippen LogP contribution is -2.20. The van der Waals surface area contributed by atoms with Gasteiger partial charge in [0, 0.05) is 31.8 Å². The average Bonchev–Trinajstić information content (AvgIpc) is 2.30. The van der Waals surface area contributed by atoms with Crippen LogP contribution in [0.5, 0.6) is 0 Å². The van der Waals surface area contributed by atoms with Gasteiger partial charge in [-0.1, -0.05) is 0 Å². The van der Waals surface area contributed by atoms with Crippen LogP contribution >= 0.6 is 0 Å². The Hall–Kier alpha value is -2.23. The Morgan fingerprint density at radius 1 is 1.06 bits per heavy atom. The molecule has 0 atom stereocenters. The molecule has 4 heteroatoms. The lowest BCUT2D eigenvalue weighted by Gasteiger charge is -2.18. The maximum Gasteiger partial charge on any atom is 0.323 e. The molecule has 0 aromatic rings. The summed E-state index contributed by atoms with van der Waals surface area (Å²) in [6.07, 6.45) is 15.4. The number of rotatable bonds is 2. The molecule has 0 saturated carbocycles. The molecule has 0 amide bonds. The van der Waals surface area contributed by atoms with Gasteiger partial charge < -0.3 is 14.9 Å². The van der Waals surface area contributed by atoms with E-state index >= 15 is 0 Å². The summed E-state index contributed by atoms with van der Waals surface area (Å²) >= 11 is 0. The van der Waals surface area contributed by atoms with Crippen LogP contribution < -0.4 is 0 Å². The van der Waals surface area contributed by atoms with Crippen molar-refractivity contribution in [2.45, 2.75) is 0 Å². The van der Waals surface area contributed by atoms with E-state index in [1.165, 1.54) is 0 Å². The quantitative estimate of drug-likeness (QED) is 0.784. The van der Waals surface area contributed by atoms with E-state index in [4.69, 9.17) is 5.11 Å². The van der Waals surface area contributed by atoms with Crippen molar-refractivity contribution in [3.63, 3.8) is 0 Å². The molecular formula is C13H14N2O2. The van der Waals surface area contributed by atoms with E-state index in [1.807, 2.05) is 48.7 Å². The van der Waals surface area contributed by atoms with Gasteiger partial charge in [0.2, 0.25) is 0 Å². The number of aliphatic carboxylic acids is 1. The Labute approximate surface area is 100 Å². The molecular weight excluding hydrogens is 216 g/mol. The van der Waals surface area contributed by atoms with Gasteiger partial charge >= 0.3 is 5.97 Å². The van der Waals surface area contributed by atoms with Gasteiger partial charge in [-0.2, -0.15) is 0 Å². The molecule has 17 heavy (non-hydrogen) atoms. The predicted molar refractivity (Wildman–Crippen MR) is 65.7 cm³/mol. The molecule has 2 aliphatic heterocycles. The monoisotopic (exact) mass is 230 g/mol. The van der Waals surface area contributed by atoms with Crippen molar-refractivity contribution in [1.29, 1.82) is 0 Å².